The summed E-state index contributed by atoms with van der Waals surface area (Å²) in [5.41, 5.74) is 1.95. The highest BCUT2D eigenvalue weighted by molar-refractivity contribution is 9.09. The molecule has 1 spiro atoms. The van der Waals surface area contributed by atoms with Crippen molar-refractivity contribution in [2.45, 2.75) is 54.7 Å². The van der Waals surface area contributed by atoms with Gasteiger partial charge in [-0.2, -0.15) is 0 Å². The highest BCUT2D eigenvalue weighted by atomic mass is 79.9. The Morgan fingerprint density at radius 2 is 1.61 bits per heavy atom. The van der Waals surface area contributed by atoms with Crippen molar-refractivity contribution < 1.29 is 24.2 Å². The van der Waals surface area contributed by atoms with E-state index in [1.807, 2.05) is 84.9 Å². The molecule has 0 aliphatic carbocycles. The number of benzene rings is 3. The summed E-state index contributed by atoms with van der Waals surface area (Å²) >= 11 is 3.80. The Bertz CT molecular complexity index is 1920. The van der Waals surface area contributed by atoms with Crippen LogP contribution in [0.15, 0.2) is 110 Å². The Kier molecular flexibility index (Phi) is 9.91. The number of likely N-dealkylation sites (tertiary alicyclic amines) is 1. The van der Waals surface area contributed by atoms with Crippen molar-refractivity contribution in [2.75, 3.05) is 19.7 Å². The second kappa shape index (κ2) is 14.5. The van der Waals surface area contributed by atoms with Gasteiger partial charge in [-0.3, -0.25) is 14.4 Å². The zero-order chi connectivity index (χ0) is 35.7. The van der Waals surface area contributed by atoms with E-state index in [0.29, 0.717) is 24.9 Å². The Balaban J connectivity index is 1.30. The molecule has 3 aromatic carbocycles. The Hall–Kier alpha value is -4.65. The number of carbonyl (C=O) groups is 3. The highest BCUT2D eigenvalue weighted by Crippen LogP contribution is 2.61. The normalized spacial score (nSPS) is 25.5. The van der Waals surface area contributed by atoms with Gasteiger partial charge in [0.05, 0.1) is 36.1 Å². The summed E-state index contributed by atoms with van der Waals surface area (Å²) in [7, 11) is 0. The van der Waals surface area contributed by atoms with Crippen molar-refractivity contribution in [2.24, 2.45) is 11.8 Å². The molecule has 4 heterocycles. The number of hydrogen-bond acceptors (Lipinski definition) is 7. The first-order valence-corrected chi connectivity index (χ1v) is 18.1. The fraction of sp³-hybridized carbons (Fsp3) is 0.359. The van der Waals surface area contributed by atoms with Crippen LogP contribution in [-0.4, -0.2) is 101 Å². The van der Waals surface area contributed by atoms with Crippen LogP contribution >= 0.6 is 15.9 Å². The molecule has 3 aliphatic rings. The van der Waals surface area contributed by atoms with Gasteiger partial charge >= 0.3 is 0 Å². The molecule has 3 aliphatic heterocycles. The van der Waals surface area contributed by atoms with Crippen LogP contribution in [0.1, 0.15) is 17.5 Å². The lowest BCUT2D eigenvalue weighted by molar-refractivity contribution is -0.152. The van der Waals surface area contributed by atoms with Crippen LogP contribution in [0.25, 0.3) is 11.0 Å². The van der Waals surface area contributed by atoms with E-state index in [2.05, 4.69) is 39.4 Å². The maximum atomic E-state index is 15.1. The number of ether oxygens (including phenoxy) is 1. The predicted molar refractivity (Wildman–Crippen MR) is 195 cm³/mol. The first-order chi connectivity index (χ1) is 24.8. The van der Waals surface area contributed by atoms with Crippen LogP contribution in [-0.2, 0) is 38.8 Å². The zero-order valence-electron chi connectivity index (χ0n) is 28.2. The first-order valence-electron chi connectivity index (χ1n) is 17.2. The maximum Gasteiger partial charge on any atom is 0.250 e. The summed E-state index contributed by atoms with van der Waals surface area (Å²) in [6.45, 7) is 8.22. The Morgan fingerprint density at radius 1 is 0.961 bits per heavy atom. The molecule has 0 radical (unpaired) electrons. The minimum absolute atomic E-state index is 0.0425. The van der Waals surface area contributed by atoms with E-state index in [0.717, 1.165) is 16.6 Å². The average molecular weight is 754 g/mol. The summed E-state index contributed by atoms with van der Waals surface area (Å²) in [6, 6.07) is 24.8. The molecular weight excluding hydrogens is 712 g/mol. The predicted octanol–water partition coefficient (Wildman–Crippen LogP) is 3.97. The smallest absolute Gasteiger partial charge is 0.250 e. The lowest BCUT2D eigenvalue weighted by Gasteiger charge is -2.39. The standard InChI is InChI=1S/C39H41BrN6O5/c1-3-19-43(23-27-15-9-6-10-16-27)36(48)32-33-37(49)46(28(24-47)21-26-13-7-5-8-14-26)35(39(33)22-29(40)34(32)51-39)38(50)44(20-4-2)25-45-31-18-12-11-17-30(31)41-42-45/h3-18,28-29,32-35,47H,1-2,19-25H2/t28-,29?,32+,33+,34+,35?,39?/m1/s1. The molecule has 1 N–H and O–H groups in total. The summed E-state index contributed by atoms with van der Waals surface area (Å²) in [6.07, 6.45) is 3.31. The number of halogens is 1. The maximum absolute atomic E-state index is 15.1. The van der Waals surface area contributed by atoms with Gasteiger partial charge in [0.1, 0.15) is 23.8 Å². The van der Waals surface area contributed by atoms with Gasteiger partial charge in [-0.15, -0.1) is 18.3 Å². The lowest BCUT2D eigenvalue weighted by atomic mass is 9.70. The summed E-state index contributed by atoms with van der Waals surface area (Å²) in [4.78, 5) is 49.4. The van der Waals surface area contributed by atoms with Gasteiger partial charge in [0.15, 0.2) is 0 Å². The molecule has 3 saturated heterocycles. The largest absolute Gasteiger partial charge is 0.394 e. The summed E-state index contributed by atoms with van der Waals surface area (Å²) < 4.78 is 8.49. The molecule has 12 heteroatoms. The van der Waals surface area contributed by atoms with E-state index < -0.39 is 42.2 Å². The van der Waals surface area contributed by atoms with Gasteiger partial charge in [-0.25, -0.2) is 4.68 Å². The third-order valence-electron chi connectivity index (χ3n) is 10.4. The monoisotopic (exact) mass is 752 g/mol. The van der Waals surface area contributed by atoms with Crippen LogP contribution in [0.2, 0.25) is 0 Å². The van der Waals surface area contributed by atoms with Gasteiger partial charge in [0, 0.05) is 24.5 Å². The van der Waals surface area contributed by atoms with Crippen molar-refractivity contribution >= 4 is 44.7 Å². The zero-order valence-corrected chi connectivity index (χ0v) is 29.8. The van der Waals surface area contributed by atoms with Gasteiger partial charge < -0.3 is 24.5 Å². The Morgan fingerprint density at radius 3 is 2.29 bits per heavy atom. The highest BCUT2D eigenvalue weighted by Gasteiger charge is 2.77. The number of carbonyl (C=O) groups excluding carboxylic acids is 3. The number of nitrogens with zero attached hydrogens (tertiary/aromatic N) is 6. The van der Waals surface area contributed by atoms with E-state index >= 15 is 9.59 Å². The van der Waals surface area contributed by atoms with Crippen molar-refractivity contribution in [3.63, 3.8) is 0 Å². The molecule has 3 fully saturated rings. The number of para-hydroxylation sites is 1. The van der Waals surface area contributed by atoms with E-state index in [9.17, 15) is 9.90 Å². The van der Waals surface area contributed by atoms with Crippen LogP contribution in [0.4, 0.5) is 0 Å². The number of fused-ring (bicyclic) bond motifs is 2. The Labute approximate surface area is 305 Å². The topological polar surface area (TPSA) is 121 Å². The number of aliphatic hydroxyl groups excluding tert-OH is 1. The van der Waals surface area contributed by atoms with Crippen molar-refractivity contribution in [3.05, 3.63) is 121 Å². The third kappa shape index (κ3) is 6.19. The molecule has 4 aromatic rings. The van der Waals surface area contributed by atoms with Gasteiger partial charge in [-0.05, 0) is 36.1 Å². The molecule has 3 amide bonds. The minimum Gasteiger partial charge on any atom is -0.394 e. The van der Waals surface area contributed by atoms with Crippen molar-refractivity contribution in [1.29, 1.82) is 0 Å². The number of alkyl halides is 1. The molecule has 7 rings (SSSR count). The third-order valence-corrected chi connectivity index (χ3v) is 11.3. The summed E-state index contributed by atoms with van der Waals surface area (Å²) in [5, 5.41) is 19.5. The van der Waals surface area contributed by atoms with E-state index in [-0.39, 0.29) is 42.3 Å². The van der Waals surface area contributed by atoms with Crippen LogP contribution in [0, 0.1) is 11.8 Å². The quantitative estimate of drug-likeness (QED) is 0.153. The molecule has 7 atom stereocenters. The second-order valence-electron chi connectivity index (χ2n) is 13.5. The van der Waals surface area contributed by atoms with E-state index in [1.165, 1.54) is 4.90 Å². The lowest BCUT2D eigenvalue weighted by Crippen LogP contribution is -2.59. The molecule has 264 valence electrons. The second-order valence-corrected chi connectivity index (χ2v) is 14.7. The molecule has 1 aromatic heterocycles. The number of rotatable bonds is 14. The van der Waals surface area contributed by atoms with Gasteiger partial charge in [-0.1, -0.05) is 106 Å². The van der Waals surface area contributed by atoms with Gasteiger partial charge in [0.2, 0.25) is 17.7 Å². The molecular formula is C39H41BrN6O5. The fourth-order valence-electron chi connectivity index (χ4n) is 8.29. The molecule has 51 heavy (non-hydrogen) atoms. The number of aromatic nitrogens is 3. The van der Waals surface area contributed by atoms with Crippen LogP contribution in [0.5, 0.6) is 0 Å². The first kappa shape index (κ1) is 34.8. The summed E-state index contributed by atoms with van der Waals surface area (Å²) in [5.74, 6) is -2.78. The molecule has 2 bridgehead atoms. The molecule has 3 unspecified atom stereocenters. The van der Waals surface area contributed by atoms with Crippen LogP contribution in [0.3, 0.4) is 0 Å². The number of amides is 3. The molecule has 0 saturated carbocycles. The van der Waals surface area contributed by atoms with Crippen molar-refractivity contribution in [1.82, 2.24) is 29.7 Å². The minimum atomic E-state index is -1.33. The van der Waals surface area contributed by atoms with E-state index in [4.69, 9.17) is 4.74 Å². The number of aliphatic hydroxyl groups is 1. The SMILES string of the molecule is C=CCN(Cn1nnc2ccccc21)C(=O)C1N([C@@H](CO)Cc2ccccc2)C(=O)[C@@H]2[C@H](C(=O)N(CC=C)Cc3ccccc3)[C@H]3OC12CC3Br. The van der Waals surface area contributed by atoms with Crippen LogP contribution < -0.4 is 0 Å². The fourth-order valence-corrected chi connectivity index (χ4v) is 9.23. The molecule has 11 nitrogen and oxygen atoms in total. The van der Waals surface area contributed by atoms with E-state index in [1.54, 1.807) is 26.6 Å². The number of hydrogen-bond donors (Lipinski definition) is 1. The van der Waals surface area contributed by atoms with Gasteiger partial charge in [0.25, 0.3) is 0 Å². The van der Waals surface area contributed by atoms with Crippen molar-refractivity contribution in [3.8, 4) is 0 Å². The average Bonchev–Trinajstić information content (AvgIpc) is 3.87.